The van der Waals surface area contributed by atoms with Crippen molar-refractivity contribution in [2.75, 3.05) is 6.61 Å². The minimum atomic E-state index is -0.536. The van der Waals surface area contributed by atoms with Crippen molar-refractivity contribution >= 4 is 11.5 Å². The second-order valence-electron chi connectivity index (χ2n) is 7.58. The molecule has 2 rings (SSSR count). The van der Waals surface area contributed by atoms with Gasteiger partial charge in [-0.25, -0.2) is 4.85 Å². The summed E-state index contributed by atoms with van der Waals surface area (Å²) in [6.07, 6.45) is 4.26. The molecule has 0 fully saturated rings. The molecule has 1 atom stereocenters. The third kappa shape index (κ3) is 6.32. The molecule has 0 aromatic heterocycles. The SMILES string of the molecule is [C-]#[N+]C(C(=O)OCC(CC)CCCC)=C(c1ccc(C)cc1)c1ccc(C)cc1. The van der Waals surface area contributed by atoms with E-state index in [0.717, 1.165) is 47.9 Å². The Morgan fingerprint density at radius 1 is 0.966 bits per heavy atom. The molecule has 0 radical (unpaired) electrons. The van der Waals surface area contributed by atoms with E-state index in [0.29, 0.717) is 18.1 Å². The number of aryl methyl sites for hydroxylation is 2. The zero-order chi connectivity index (χ0) is 21.2. The summed E-state index contributed by atoms with van der Waals surface area (Å²) in [6, 6.07) is 15.8. The molecule has 0 amide bonds. The second kappa shape index (κ2) is 11.2. The van der Waals surface area contributed by atoms with E-state index >= 15 is 0 Å². The number of carbonyl (C=O) groups excluding carboxylic acids is 1. The van der Waals surface area contributed by atoms with E-state index in [1.165, 1.54) is 0 Å². The van der Waals surface area contributed by atoms with Gasteiger partial charge >= 0.3 is 5.97 Å². The average molecular weight is 390 g/mol. The first-order chi connectivity index (χ1) is 14.0. The maximum absolute atomic E-state index is 12.9. The molecule has 3 heteroatoms. The molecule has 29 heavy (non-hydrogen) atoms. The average Bonchev–Trinajstić information content (AvgIpc) is 2.73. The van der Waals surface area contributed by atoms with Crippen LogP contribution in [0.3, 0.4) is 0 Å². The van der Waals surface area contributed by atoms with Crippen LogP contribution in [0.25, 0.3) is 10.4 Å². The molecular formula is C26H31NO2. The molecule has 2 aromatic carbocycles. The molecule has 0 N–H and O–H groups in total. The zero-order valence-corrected chi connectivity index (χ0v) is 18.0. The third-order valence-corrected chi connectivity index (χ3v) is 5.22. The molecule has 0 heterocycles. The van der Waals surface area contributed by atoms with Crippen LogP contribution in [-0.2, 0) is 9.53 Å². The van der Waals surface area contributed by atoms with Crippen molar-refractivity contribution < 1.29 is 9.53 Å². The van der Waals surface area contributed by atoms with Gasteiger partial charge in [0.25, 0.3) is 5.70 Å². The quantitative estimate of drug-likeness (QED) is 0.270. The minimum absolute atomic E-state index is 0.0445. The van der Waals surface area contributed by atoms with Crippen LogP contribution < -0.4 is 0 Å². The smallest absolute Gasteiger partial charge is 0.336 e. The van der Waals surface area contributed by atoms with Gasteiger partial charge in [0.1, 0.15) is 0 Å². The summed E-state index contributed by atoms with van der Waals surface area (Å²) in [5.41, 5.74) is 4.63. The minimum Gasteiger partial charge on any atom is -0.470 e. The largest absolute Gasteiger partial charge is 0.470 e. The van der Waals surface area contributed by atoms with Crippen LogP contribution in [-0.4, -0.2) is 12.6 Å². The van der Waals surface area contributed by atoms with Gasteiger partial charge in [0.05, 0.1) is 13.2 Å². The van der Waals surface area contributed by atoms with Crippen molar-refractivity contribution in [2.45, 2.75) is 53.4 Å². The lowest BCUT2D eigenvalue weighted by Crippen LogP contribution is -2.15. The molecular weight excluding hydrogens is 358 g/mol. The molecule has 0 aliphatic carbocycles. The number of esters is 1. The fourth-order valence-electron chi connectivity index (χ4n) is 3.24. The maximum Gasteiger partial charge on any atom is 0.336 e. The van der Waals surface area contributed by atoms with Crippen LogP contribution in [0.4, 0.5) is 0 Å². The molecule has 0 saturated heterocycles. The second-order valence-corrected chi connectivity index (χ2v) is 7.58. The molecule has 2 aromatic rings. The fourth-order valence-corrected chi connectivity index (χ4v) is 3.24. The molecule has 0 saturated carbocycles. The van der Waals surface area contributed by atoms with Crippen molar-refractivity contribution in [1.82, 2.24) is 0 Å². The zero-order valence-electron chi connectivity index (χ0n) is 18.0. The highest BCUT2D eigenvalue weighted by atomic mass is 16.5. The molecule has 0 aliphatic heterocycles. The third-order valence-electron chi connectivity index (χ3n) is 5.22. The highest BCUT2D eigenvalue weighted by molar-refractivity contribution is 6.03. The van der Waals surface area contributed by atoms with E-state index in [2.05, 4.69) is 18.7 Å². The van der Waals surface area contributed by atoms with E-state index in [1.54, 1.807) is 0 Å². The standard InChI is InChI=1S/C26H31NO2/c1-6-8-9-21(7-2)18-29-26(28)25(27-5)24(22-14-10-19(3)11-15-22)23-16-12-20(4)13-17-23/h10-17,21H,6-9,18H2,1-4H3. The number of rotatable bonds is 9. The summed E-state index contributed by atoms with van der Waals surface area (Å²) in [7, 11) is 0. The predicted octanol–water partition coefficient (Wildman–Crippen LogP) is 6.74. The Morgan fingerprint density at radius 2 is 1.48 bits per heavy atom. The summed E-state index contributed by atoms with van der Waals surface area (Å²) in [4.78, 5) is 16.5. The van der Waals surface area contributed by atoms with E-state index in [-0.39, 0.29) is 5.70 Å². The maximum atomic E-state index is 12.9. The van der Waals surface area contributed by atoms with Crippen LogP contribution in [0, 0.1) is 26.3 Å². The lowest BCUT2D eigenvalue weighted by Gasteiger charge is -2.16. The Morgan fingerprint density at radius 3 is 1.90 bits per heavy atom. The molecule has 152 valence electrons. The Kier molecular flexibility index (Phi) is 8.68. The van der Waals surface area contributed by atoms with Gasteiger partial charge in [0, 0.05) is 5.57 Å². The number of hydrogen-bond acceptors (Lipinski definition) is 2. The predicted molar refractivity (Wildman–Crippen MR) is 119 cm³/mol. The lowest BCUT2D eigenvalue weighted by molar-refractivity contribution is -0.140. The van der Waals surface area contributed by atoms with Crippen molar-refractivity contribution in [3.63, 3.8) is 0 Å². The summed E-state index contributed by atoms with van der Waals surface area (Å²) in [5.74, 6) is -0.195. The van der Waals surface area contributed by atoms with Gasteiger partial charge in [-0.15, -0.1) is 0 Å². The van der Waals surface area contributed by atoms with Crippen LogP contribution in [0.1, 0.15) is 61.8 Å². The highest BCUT2D eigenvalue weighted by Gasteiger charge is 2.21. The summed E-state index contributed by atoms with van der Waals surface area (Å²) >= 11 is 0. The Hall–Kier alpha value is -2.86. The number of benzene rings is 2. The summed E-state index contributed by atoms with van der Waals surface area (Å²) in [6.45, 7) is 16.4. The molecule has 0 bridgehead atoms. The van der Waals surface area contributed by atoms with E-state index in [9.17, 15) is 4.79 Å². The number of ether oxygens (including phenoxy) is 1. The Bertz CT molecular complexity index is 823. The van der Waals surface area contributed by atoms with Gasteiger partial charge in [-0.05, 0) is 37.3 Å². The highest BCUT2D eigenvalue weighted by Crippen LogP contribution is 2.29. The van der Waals surface area contributed by atoms with Gasteiger partial charge in [-0.1, -0.05) is 92.8 Å². The summed E-state index contributed by atoms with van der Waals surface area (Å²) in [5, 5.41) is 0. The number of unbranched alkanes of at least 4 members (excludes halogenated alkanes) is 1. The molecule has 1 unspecified atom stereocenters. The van der Waals surface area contributed by atoms with Crippen LogP contribution >= 0.6 is 0 Å². The Labute approximate surface area is 175 Å². The molecule has 3 nitrogen and oxygen atoms in total. The van der Waals surface area contributed by atoms with Crippen molar-refractivity contribution in [1.29, 1.82) is 0 Å². The lowest BCUT2D eigenvalue weighted by atomic mass is 9.94. The van der Waals surface area contributed by atoms with Gasteiger partial charge in [0.2, 0.25) is 0 Å². The molecule has 0 aliphatic rings. The number of hydrogen-bond donors (Lipinski definition) is 0. The molecule has 0 spiro atoms. The first-order valence-electron chi connectivity index (χ1n) is 10.4. The Balaban J connectivity index is 2.40. The monoisotopic (exact) mass is 389 g/mol. The van der Waals surface area contributed by atoms with E-state index < -0.39 is 5.97 Å². The van der Waals surface area contributed by atoms with Crippen LogP contribution in [0.5, 0.6) is 0 Å². The van der Waals surface area contributed by atoms with Gasteiger partial charge in [-0.3, -0.25) is 4.79 Å². The number of carbonyl (C=O) groups is 1. The first-order valence-corrected chi connectivity index (χ1v) is 10.4. The van der Waals surface area contributed by atoms with Crippen LogP contribution in [0.15, 0.2) is 54.2 Å². The first kappa shape index (κ1) is 22.4. The van der Waals surface area contributed by atoms with Crippen molar-refractivity contribution in [3.8, 4) is 0 Å². The van der Waals surface area contributed by atoms with Crippen LogP contribution in [0.2, 0.25) is 0 Å². The summed E-state index contributed by atoms with van der Waals surface area (Å²) < 4.78 is 5.61. The van der Waals surface area contributed by atoms with Gasteiger partial charge in [-0.2, -0.15) is 0 Å². The van der Waals surface area contributed by atoms with Gasteiger partial charge in [0.15, 0.2) is 0 Å². The van der Waals surface area contributed by atoms with E-state index in [1.807, 2.05) is 62.4 Å². The normalized spacial score (nSPS) is 11.4. The fraction of sp³-hybridized carbons (Fsp3) is 0.385. The van der Waals surface area contributed by atoms with E-state index in [4.69, 9.17) is 11.3 Å². The van der Waals surface area contributed by atoms with Gasteiger partial charge < -0.3 is 4.74 Å². The van der Waals surface area contributed by atoms with Crippen molar-refractivity contribution in [3.05, 3.63) is 87.9 Å². The topological polar surface area (TPSA) is 30.7 Å². The number of nitrogens with zero attached hydrogens (tertiary/aromatic N) is 1. The van der Waals surface area contributed by atoms with Crippen molar-refractivity contribution in [2.24, 2.45) is 5.92 Å².